The number of fused-ring (bicyclic) bond motifs is 2. The van der Waals surface area contributed by atoms with E-state index in [-0.39, 0.29) is 5.56 Å². The van der Waals surface area contributed by atoms with E-state index in [0.29, 0.717) is 23.6 Å². The highest BCUT2D eigenvalue weighted by Crippen LogP contribution is 2.41. The second kappa shape index (κ2) is 5.55. The smallest absolute Gasteiger partial charge is 0.311 e. The highest BCUT2D eigenvalue weighted by molar-refractivity contribution is 5.64. The van der Waals surface area contributed by atoms with Gasteiger partial charge in [-0.2, -0.15) is 17.6 Å². The maximum absolute atomic E-state index is 14.1. The number of aromatic nitrogens is 1. The van der Waals surface area contributed by atoms with Crippen LogP contribution in [0, 0.1) is 5.95 Å². The number of hydrogen-bond donors (Lipinski definition) is 1. The Morgan fingerprint density at radius 2 is 1.83 bits per heavy atom. The number of halogens is 4. The maximum Gasteiger partial charge on any atom is 0.416 e. The summed E-state index contributed by atoms with van der Waals surface area (Å²) < 4.78 is 52.1. The molecular formula is C18H16F4N2. The van der Waals surface area contributed by atoms with E-state index in [1.807, 2.05) is 0 Å². The Kier molecular flexibility index (Phi) is 3.60. The second-order valence-corrected chi connectivity index (χ2v) is 6.57. The van der Waals surface area contributed by atoms with Gasteiger partial charge >= 0.3 is 6.18 Å². The molecule has 2 aliphatic heterocycles. The van der Waals surface area contributed by atoms with Crippen LogP contribution in [0.25, 0.3) is 11.1 Å². The molecule has 0 saturated carbocycles. The van der Waals surface area contributed by atoms with Crippen molar-refractivity contribution in [3.8, 4) is 11.1 Å². The Morgan fingerprint density at radius 1 is 1.08 bits per heavy atom. The van der Waals surface area contributed by atoms with Crippen LogP contribution in [0.5, 0.6) is 0 Å². The maximum atomic E-state index is 14.1. The van der Waals surface area contributed by atoms with Gasteiger partial charge in [-0.05, 0) is 48.6 Å². The average molecular weight is 336 g/mol. The molecule has 2 saturated heterocycles. The van der Waals surface area contributed by atoms with Crippen molar-refractivity contribution >= 4 is 0 Å². The lowest BCUT2D eigenvalue weighted by Crippen LogP contribution is -2.21. The van der Waals surface area contributed by atoms with Crippen LogP contribution in [0.1, 0.15) is 36.3 Å². The predicted octanol–water partition coefficient (Wildman–Crippen LogP) is 4.51. The van der Waals surface area contributed by atoms with Gasteiger partial charge in [0.2, 0.25) is 5.95 Å². The number of alkyl halides is 3. The summed E-state index contributed by atoms with van der Waals surface area (Å²) in [4.78, 5) is 3.84. The molecule has 3 heterocycles. The topological polar surface area (TPSA) is 24.9 Å². The van der Waals surface area contributed by atoms with Crippen molar-refractivity contribution in [3.05, 3.63) is 53.6 Å². The normalized spacial score (nSPS) is 26.1. The van der Waals surface area contributed by atoms with E-state index in [1.54, 1.807) is 12.3 Å². The third kappa shape index (κ3) is 2.69. The lowest BCUT2D eigenvalue weighted by Gasteiger charge is -2.21. The van der Waals surface area contributed by atoms with Crippen LogP contribution in [0.15, 0.2) is 36.5 Å². The van der Waals surface area contributed by atoms with Crippen molar-refractivity contribution in [2.75, 3.05) is 0 Å². The van der Waals surface area contributed by atoms with E-state index in [0.717, 1.165) is 30.5 Å². The third-order valence-electron chi connectivity index (χ3n) is 5.11. The molecular weight excluding hydrogens is 320 g/mol. The zero-order chi connectivity index (χ0) is 16.9. The van der Waals surface area contributed by atoms with Gasteiger partial charge in [-0.3, -0.25) is 0 Å². The van der Waals surface area contributed by atoms with E-state index < -0.39 is 17.7 Å². The van der Waals surface area contributed by atoms with Crippen LogP contribution >= 0.6 is 0 Å². The van der Waals surface area contributed by atoms with Gasteiger partial charge in [-0.25, -0.2) is 4.98 Å². The lowest BCUT2D eigenvalue weighted by atomic mass is 9.84. The Bertz CT molecular complexity index is 755. The fraction of sp³-hybridized carbons (Fsp3) is 0.389. The molecule has 6 heteroatoms. The first-order valence-electron chi connectivity index (χ1n) is 8.01. The summed E-state index contributed by atoms with van der Waals surface area (Å²) in [6.45, 7) is 0. The highest BCUT2D eigenvalue weighted by Gasteiger charge is 2.40. The van der Waals surface area contributed by atoms with Crippen molar-refractivity contribution < 1.29 is 17.6 Å². The van der Waals surface area contributed by atoms with Crippen molar-refractivity contribution in [1.82, 2.24) is 10.3 Å². The van der Waals surface area contributed by atoms with Gasteiger partial charge < -0.3 is 5.32 Å². The fourth-order valence-corrected chi connectivity index (χ4v) is 3.90. The van der Waals surface area contributed by atoms with Crippen molar-refractivity contribution in [1.29, 1.82) is 0 Å². The summed E-state index contributed by atoms with van der Waals surface area (Å²) in [6.07, 6.45) is 0.427. The monoisotopic (exact) mass is 336 g/mol. The summed E-state index contributed by atoms with van der Waals surface area (Å²) >= 11 is 0. The summed E-state index contributed by atoms with van der Waals surface area (Å²) in [5, 5.41) is 3.53. The molecule has 2 aromatic rings. The van der Waals surface area contributed by atoms with Gasteiger partial charge in [0.1, 0.15) is 0 Å². The fourth-order valence-electron chi connectivity index (χ4n) is 3.90. The van der Waals surface area contributed by atoms with Crippen LogP contribution in [-0.4, -0.2) is 17.1 Å². The van der Waals surface area contributed by atoms with Gasteiger partial charge in [0, 0.05) is 29.8 Å². The number of nitrogens with zero attached hydrogens (tertiary/aromatic N) is 1. The molecule has 0 aliphatic carbocycles. The van der Waals surface area contributed by atoms with Crippen LogP contribution in [-0.2, 0) is 6.18 Å². The van der Waals surface area contributed by atoms with Crippen molar-refractivity contribution in [2.45, 2.75) is 43.4 Å². The number of pyridine rings is 1. The molecule has 0 amide bonds. The SMILES string of the molecule is Fc1ncc(C2C[C@@H]3CC[C@H]2N3)cc1-c1ccc(C(F)(F)F)cc1. The molecule has 2 fully saturated rings. The Hall–Kier alpha value is -1.95. The van der Waals surface area contributed by atoms with Crippen molar-refractivity contribution in [3.63, 3.8) is 0 Å². The van der Waals surface area contributed by atoms with Crippen LogP contribution < -0.4 is 5.32 Å². The molecule has 1 aromatic heterocycles. The van der Waals surface area contributed by atoms with Gasteiger partial charge in [-0.15, -0.1) is 0 Å². The molecule has 1 aromatic carbocycles. The number of hydrogen-bond acceptors (Lipinski definition) is 2. The predicted molar refractivity (Wildman–Crippen MR) is 81.9 cm³/mol. The minimum absolute atomic E-state index is 0.254. The lowest BCUT2D eigenvalue weighted by molar-refractivity contribution is -0.137. The van der Waals surface area contributed by atoms with Crippen LogP contribution in [0.2, 0.25) is 0 Å². The van der Waals surface area contributed by atoms with Gasteiger partial charge in [0.25, 0.3) is 0 Å². The van der Waals surface area contributed by atoms with E-state index in [2.05, 4.69) is 10.3 Å². The quantitative estimate of drug-likeness (QED) is 0.644. The van der Waals surface area contributed by atoms with Crippen LogP contribution in [0.3, 0.4) is 0 Å². The average Bonchev–Trinajstić information content (AvgIpc) is 3.18. The van der Waals surface area contributed by atoms with E-state index >= 15 is 0 Å². The third-order valence-corrected chi connectivity index (χ3v) is 5.11. The van der Waals surface area contributed by atoms with E-state index in [4.69, 9.17) is 0 Å². The Morgan fingerprint density at radius 3 is 2.42 bits per heavy atom. The first kappa shape index (κ1) is 15.6. The number of rotatable bonds is 2. The first-order valence-corrected chi connectivity index (χ1v) is 8.01. The number of benzene rings is 1. The largest absolute Gasteiger partial charge is 0.416 e. The highest BCUT2D eigenvalue weighted by atomic mass is 19.4. The zero-order valence-corrected chi connectivity index (χ0v) is 12.8. The molecule has 2 aliphatic rings. The Balaban J connectivity index is 1.66. The molecule has 2 nitrogen and oxygen atoms in total. The summed E-state index contributed by atoms with van der Waals surface area (Å²) in [6, 6.07) is 7.18. The van der Waals surface area contributed by atoms with Gasteiger partial charge in [0.05, 0.1) is 5.56 Å². The minimum atomic E-state index is -4.40. The Labute approximate surface area is 136 Å². The molecule has 2 bridgehead atoms. The van der Waals surface area contributed by atoms with Gasteiger partial charge in [-0.1, -0.05) is 12.1 Å². The minimum Gasteiger partial charge on any atom is -0.311 e. The molecule has 0 spiro atoms. The van der Waals surface area contributed by atoms with E-state index in [1.165, 1.54) is 18.6 Å². The second-order valence-electron chi connectivity index (χ2n) is 6.57. The standard InChI is InChI=1S/C18H16F4N2/c19-17-15(10-1-3-12(4-2-10)18(20,21)22)7-11(9-23-17)14-8-13-5-6-16(14)24-13/h1-4,7,9,13-14,16,24H,5-6,8H2/t13-,14?,16+/m0/s1. The first-order chi connectivity index (χ1) is 11.4. The molecule has 3 atom stereocenters. The van der Waals surface area contributed by atoms with Crippen molar-refractivity contribution in [2.24, 2.45) is 0 Å². The molecule has 1 N–H and O–H groups in total. The molecule has 126 valence electrons. The zero-order valence-electron chi connectivity index (χ0n) is 12.8. The summed E-state index contributed by atoms with van der Waals surface area (Å²) in [5.41, 5.74) is 0.869. The van der Waals surface area contributed by atoms with Gasteiger partial charge in [0.15, 0.2) is 0 Å². The molecule has 4 rings (SSSR count). The number of nitrogens with one attached hydrogen (secondary N) is 1. The molecule has 24 heavy (non-hydrogen) atoms. The van der Waals surface area contributed by atoms with Crippen LogP contribution in [0.4, 0.5) is 17.6 Å². The molecule has 0 radical (unpaired) electrons. The van der Waals surface area contributed by atoms with E-state index in [9.17, 15) is 17.6 Å². The molecule has 1 unspecified atom stereocenters. The summed E-state index contributed by atoms with van der Waals surface area (Å²) in [7, 11) is 0. The summed E-state index contributed by atoms with van der Waals surface area (Å²) in [5.74, 6) is -0.361.